The van der Waals surface area contributed by atoms with Crippen molar-refractivity contribution in [2.24, 2.45) is 0 Å². The van der Waals surface area contributed by atoms with E-state index < -0.39 is 6.10 Å². The van der Waals surface area contributed by atoms with E-state index in [1.165, 1.54) is 44.9 Å². The minimum atomic E-state index is -0.418. The molecule has 0 aliphatic carbocycles. The summed E-state index contributed by atoms with van der Waals surface area (Å²) in [6.45, 7) is 4.16. The fraction of sp³-hybridized carbons (Fsp3) is 0.750. The Morgan fingerprint density at radius 3 is 2.17 bits per heavy atom. The van der Waals surface area contributed by atoms with Gasteiger partial charge in [0.25, 0.3) is 0 Å². The van der Waals surface area contributed by atoms with Crippen LogP contribution in [-0.2, 0) is 0 Å². The molecule has 1 atom stereocenters. The number of hydrogen-bond donors (Lipinski definition) is 1. The van der Waals surface area contributed by atoms with Crippen LogP contribution < -0.4 is 0 Å². The fourth-order valence-electron chi connectivity index (χ4n) is 2.25. The molecule has 1 rings (SSSR count). The van der Waals surface area contributed by atoms with Crippen molar-refractivity contribution in [2.75, 3.05) is 0 Å². The maximum Gasteiger partial charge on any atom is 0.132 e. The number of aliphatic hydroxyl groups excluding tert-OH is 1. The van der Waals surface area contributed by atoms with Crippen LogP contribution in [0.5, 0.6) is 0 Å². The quantitative estimate of drug-likeness (QED) is 0.584. The Balaban J connectivity index is 1.97. The van der Waals surface area contributed by atoms with Crippen molar-refractivity contribution in [1.29, 1.82) is 0 Å². The third-order valence-corrected chi connectivity index (χ3v) is 3.42. The molecule has 0 saturated heterocycles. The van der Waals surface area contributed by atoms with E-state index >= 15 is 0 Å². The summed E-state index contributed by atoms with van der Waals surface area (Å²) in [5, 5.41) is 9.91. The summed E-state index contributed by atoms with van der Waals surface area (Å²) < 4.78 is 5.42. The second-order valence-corrected chi connectivity index (χ2v) is 5.23. The lowest BCUT2D eigenvalue weighted by molar-refractivity contribution is 0.135. The van der Waals surface area contributed by atoms with E-state index in [9.17, 15) is 5.11 Å². The van der Waals surface area contributed by atoms with Crippen molar-refractivity contribution in [3.05, 3.63) is 23.7 Å². The topological polar surface area (TPSA) is 33.4 Å². The monoisotopic (exact) mass is 252 g/mol. The minimum absolute atomic E-state index is 0.418. The predicted molar refractivity (Wildman–Crippen MR) is 75.6 cm³/mol. The van der Waals surface area contributed by atoms with Gasteiger partial charge in [-0.05, 0) is 25.5 Å². The summed E-state index contributed by atoms with van der Waals surface area (Å²) in [7, 11) is 0. The van der Waals surface area contributed by atoms with Crippen molar-refractivity contribution < 1.29 is 9.52 Å². The van der Waals surface area contributed by atoms with Crippen molar-refractivity contribution in [2.45, 2.75) is 77.7 Å². The van der Waals surface area contributed by atoms with Crippen molar-refractivity contribution in [1.82, 2.24) is 0 Å². The molecule has 104 valence electrons. The second kappa shape index (κ2) is 9.21. The maximum atomic E-state index is 9.91. The predicted octanol–water partition coefficient (Wildman–Crippen LogP) is 5.15. The lowest BCUT2D eigenvalue weighted by atomic mass is 10.0. The molecule has 2 heteroatoms. The van der Waals surface area contributed by atoms with Gasteiger partial charge in [0.05, 0.1) is 0 Å². The van der Waals surface area contributed by atoms with Crippen LogP contribution in [-0.4, -0.2) is 5.11 Å². The van der Waals surface area contributed by atoms with E-state index in [0.29, 0.717) is 0 Å². The van der Waals surface area contributed by atoms with Crippen molar-refractivity contribution in [3.63, 3.8) is 0 Å². The van der Waals surface area contributed by atoms with E-state index in [1.807, 2.05) is 19.1 Å². The minimum Gasteiger partial charge on any atom is -0.464 e. The number of aliphatic hydroxyl groups is 1. The van der Waals surface area contributed by atoms with Gasteiger partial charge < -0.3 is 9.52 Å². The first kappa shape index (κ1) is 15.3. The smallest absolute Gasteiger partial charge is 0.132 e. The molecule has 0 radical (unpaired) electrons. The molecule has 0 aliphatic rings. The van der Waals surface area contributed by atoms with Gasteiger partial charge in [-0.1, -0.05) is 58.3 Å². The standard InChI is InChI=1S/C16H28O2/c1-3-4-5-6-7-8-9-10-11-15(17)16-13-12-14(2)18-16/h12-13,15,17H,3-11H2,1-2H3. The molecule has 0 aromatic carbocycles. The van der Waals surface area contributed by atoms with E-state index in [4.69, 9.17) is 4.42 Å². The molecule has 0 saturated carbocycles. The number of hydrogen-bond acceptors (Lipinski definition) is 2. The molecule has 1 heterocycles. The molecule has 1 N–H and O–H groups in total. The SMILES string of the molecule is CCCCCCCCCCC(O)c1ccc(C)o1. The van der Waals surface area contributed by atoms with Crippen LogP contribution in [0.3, 0.4) is 0 Å². The van der Waals surface area contributed by atoms with E-state index in [2.05, 4.69) is 6.92 Å². The highest BCUT2D eigenvalue weighted by molar-refractivity contribution is 5.07. The largest absolute Gasteiger partial charge is 0.464 e. The summed E-state index contributed by atoms with van der Waals surface area (Å²) in [6, 6.07) is 3.79. The zero-order chi connectivity index (χ0) is 13.2. The molecule has 18 heavy (non-hydrogen) atoms. The van der Waals surface area contributed by atoms with E-state index in [-0.39, 0.29) is 0 Å². The summed E-state index contributed by atoms with van der Waals surface area (Å²) >= 11 is 0. The Labute approximate surface area is 111 Å². The average Bonchev–Trinajstić information content (AvgIpc) is 2.79. The molecular weight excluding hydrogens is 224 g/mol. The van der Waals surface area contributed by atoms with Crippen LogP contribution in [0.1, 0.15) is 82.3 Å². The van der Waals surface area contributed by atoms with E-state index in [1.54, 1.807) is 0 Å². The highest BCUT2D eigenvalue weighted by Gasteiger charge is 2.10. The molecule has 0 spiro atoms. The molecule has 2 nitrogen and oxygen atoms in total. The zero-order valence-corrected chi connectivity index (χ0v) is 12.0. The Kier molecular flexibility index (Phi) is 7.83. The van der Waals surface area contributed by atoms with Crippen molar-refractivity contribution in [3.8, 4) is 0 Å². The van der Waals surface area contributed by atoms with Crippen LogP contribution in [0.25, 0.3) is 0 Å². The summed E-state index contributed by atoms with van der Waals surface area (Å²) in [5.41, 5.74) is 0. The first-order valence-electron chi connectivity index (χ1n) is 7.48. The van der Waals surface area contributed by atoms with Crippen molar-refractivity contribution >= 4 is 0 Å². The van der Waals surface area contributed by atoms with Gasteiger partial charge in [0.15, 0.2) is 0 Å². The highest BCUT2D eigenvalue weighted by Crippen LogP contribution is 2.22. The first-order chi connectivity index (χ1) is 8.74. The van der Waals surface area contributed by atoms with Gasteiger partial charge in [0, 0.05) is 0 Å². The molecule has 0 aliphatic heterocycles. The van der Waals surface area contributed by atoms with Crippen LogP contribution in [0.4, 0.5) is 0 Å². The number of aryl methyl sites for hydroxylation is 1. The Hall–Kier alpha value is -0.760. The molecule has 1 aromatic rings. The molecule has 0 bridgehead atoms. The van der Waals surface area contributed by atoms with Gasteiger partial charge in [-0.2, -0.15) is 0 Å². The van der Waals surface area contributed by atoms with E-state index in [0.717, 1.165) is 24.4 Å². The van der Waals surface area contributed by atoms with Gasteiger partial charge in [0.2, 0.25) is 0 Å². The second-order valence-electron chi connectivity index (χ2n) is 5.23. The van der Waals surface area contributed by atoms with Crippen LogP contribution in [0.15, 0.2) is 16.5 Å². The normalized spacial score (nSPS) is 12.8. The molecule has 0 amide bonds. The molecule has 0 fully saturated rings. The van der Waals surface area contributed by atoms with Crippen LogP contribution in [0.2, 0.25) is 0 Å². The first-order valence-corrected chi connectivity index (χ1v) is 7.48. The molecule has 1 unspecified atom stereocenters. The lowest BCUT2D eigenvalue weighted by Gasteiger charge is -2.07. The number of rotatable bonds is 10. The van der Waals surface area contributed by atoms with Crippen LogP contribution >= 0.6 is 0 Å². The van der Waals surface area contributed by atoms with Gasteiger partial charge in [0.1, 0.15) is 17.6 Å². The van der Waals surface area contributed by atoms with Gasteiger partial charge in [-0.3, -0.25) is 0 Å². The summed E-state index contributed by atoms with van der Waals surface area (Å²) in [5.74, 6) is 1.59. The highest BCUT2D eigenvalue weighted by atomic mass is 16.4. The van der Waals surface area contributed by atoms with Gasteiger partial charge in [-0.25, -0.2) is 0 Å². The third-order valence-electron chi connectivity index (χ3n) is 3.42. The Bertz CT molecular complexity index is 304. The molecular formula is C16H28O2. The number of unbranched alkanes of at least 4 members (excludes halogenated alkanes) is 7. The van der Waals surface area contributed by atoms with Gasteiger partial charge >= 0.3 is 0 Å². The third kappa shape index (κ3) is 6.25. The summed E-state index contributed by atoms with van der Waals surface area (Å²) in [4.78, 5) is 0. The molecule has 1 aromatic heterocycles. The van der Waals surface area contributed by atoms with Crippen LogP contribution in [0, 0.1) is 6.92 Å². The Morgan fingerprint density at radius 1 is 1.00 bits per heavy atom. The average molecular weight is 252 g/mol. The van der Waals surface area contributed by atoms with Gasteiger partial charge in [-0.15, -0.1) is 0 Å². The fourth-order valence-corrected chi connectivity index (χ4v) is 2.25. The maximum absolute atomic E-state index is 9.91. The Morgan fingerprint density at radius 2 is 1.61 bits per heavy atom. The summed E-state index contributed by atoms with van der Waals surface area (Å²) in [6.07, 6.45) is 10.8. The lowest BCUT2D eigenvalue weighted by Crippen LogP contribution is -1.95. The number of furan rings is 1. The zero-order valence-electron chi connectivity index (χ0n) is 12.0.